The predicted octanol–water partition coefficient (Wildman–Crippen LogP) is 3.30. The van der Waals surface area contributed by atoms with E-state index in [2.05, 4.69) is 70.2 Å². The van der Waals surface area contributed by atoms with Crippen molar-refractivity contribution in [3.8, 4) is 0 Å². The summed E-state index contributed by atoms with van der Waals surface area (Å²) in [5.74, 6) is 2.95. The molecule has 2 saturated heterocycles. The van der Waals surface area contributed by atoms with E-state index in [1.54, 1.807) is 0 Å². The molecule has 2 aliphatic rings. The summed E-state index contributed by atoms with van der Waals surface area (Å²) in [7, 11) is 0. The molecule has 6 heteroatoms. The number of aryl methyl sites for hydroxylation is 2. The Hall–Kier alpha value is -2.63. The summed E-state index contributed by atoms with van der Waals surface area (Å²) in [6.45, 7) is 9.67. The molecule has 0 bridgehead atoms. The fraction of sp³-hybridized carbons (Fsp3) is 0.542. The lowest BCUT2D eigenvalue weighted by atomic mass is 9.99. The summed E-state index contributed by atoms with van der Waals surface area (Å²) >= 11 is 0. The lowest BCUT2D eigenvalue weighted by Gasteiger charge is -2.35. The number of rotatable bonds is 5. The molecule has 2 aliphatic heterocycles. The molecular weight excluding hydrogens is 374 g/mol. The van der Waals surface area contributed by atoms with E-state index in [0.717, 1.165) is 63.2 Å². The van der Waals surface area contributed by atoms with Crippen molar-refractivity contribution < 1.29 is 4.79 Å². The van der Waals surface area contributed by atoms with Gasteiger partial charge in [0.1, 0.15) is 0 Å². The van der Waals surface area contributed by atoms with E-state index in [-0.39, 0.29) is 5.91 Å². The monoisotopic (exact) mass is 407 g/mol. The van der Waals surface area contributed by atoms with E-state index in [1.165, 1.54) is 24.0 Å². The number of anilines is 2. The average Bonchev–Trinajstić information content (AvgIpc) is 2.78. The van der Waals surface area contributed by atoms with E-state index in [4.69, 9.17) is 0 Å². The van der Waals surface area contributed by atoms with Crippen LogP contribution in [0.1, 0.15) is 37.3 Å². The second-order valence-electron chi connectivity index (χ2n) is 8.78. The fourth-order valence-electron chi connectivity index (χ4n) is 4.36. The molecule has 4 rings (SSSR count). The zero-order valence-electron chi connectivity index (χ0n) is 18.3. The Balaban J connectivity index is 1.25. The van der Waals surface area contributed by atoms with Gasteiger partial charge in [0.15, 0.2) is 11.6 Å². The van der Waals surface area contributed by atoms with Gasteiger partial charge in [0.2, 0.25) is 5.91 Å². The van der Waals surface area contributed by atoms with E-state index < -0.39 is 0 Å². The highest BCUT2D eigenvalue weighted by Crippen LogP contribution is 2.22. The number of piperazine rings is 1. The van der Waals surface area contributed by atoms with Gasteiger partial charge in [0, 0.05) is 45.7 Å². The molecule has 1 aromatic carbocycles. The first-order chi connectivity index (χ1) is 14.6. The lowest BCUT2D eigenvalue weighted by Crippen LogP contribution is -2.49. The first kappa shape index (κ1) is 20.6. The topological polar surface area (TPSA) is 52.6 Å². The number of amides is 1. The minimum absolute atomic E-state index is 0.247. The number of piperidine rings is 1. The van der Waals surface area contributed by atoms with Crippen LogP contribution in [0.15, 0.2) is 36.4 Å². The van der Waals surface area contributed by atoms with Crippen LogP contribution in [-0.4, -0.2) is 60.3 Å². The normalized spacial score (nSPS) is 18.0. The first-order valence-corrected chi connectivity index (χ1v) is 11.3. The molecule has 0 unspecified atom stereocenters. The van der Waals surface area contributed by atoms with Crippen molar-refractivity contribution in [2.24, 2.45) is 5.92 Å². The third kappa shape index (κ3) is 5.10. The molecular formula is C24H33N5O. The molecule has 1 amide bonds. The van der Waals surface area contributed by atoms with Gasteiger partial charge >= 0.3 is 0 Å². The number of nitrogens with zero attached hydrogens (tertiary/aromatic N) is 5. The van der Waals surface area contributed by atoms with Gasteiger partial charge in [-0.2, -0.15) is 0 Å². The molecule has 30 heavy (non-hydrogen) atoms. The van der Waals surface area contributed by atoms with Crippen molar-refractivity contribution in [2.45, 2.75) is 39.5 Å². The zero-order chi connectivity index (χ0) is 20.9. The molecule has 3 heterocycles. The van der Waals surface area contributed by atoms with Crippen LogP contribution in [0.5, 0.6) is 0 Å². The van der Waals surface area contributed by atoms with E-state index in [1.807, 2.05) is 4.90 Å². The van der Waals surface area contributed by atoms with E-state index in [0.29, 0.717) is 6.42 Å². The molecule has 0 spiro atoms. The summed E-state index contributed by atoms with van der Waals surface area (Å²) in [4.78, 5) is 19.2. The number of hydrogen-bond donors (Lipinski definition) is 0. The van der Waals surface area contributed by atoms with Crippen LogP contribution in [0.3, 0.4) is 0 Å². The standard InChI is InChI=1S/C24H33N5O/c1-19-10-12-27(13-11-19)22-7-8-23(26-25-22)28-14-16-29(17-15-28)24(30)9-6-21-5-3-4-20(2)18-21/h3-5,7-8,18-19H,6,9-17H2,1-2H3. The van der Waals surface area contributed by atoms with Crippen LogP contribution in [0.25, 0.3) is 0 Å². The molecule has 6 nitrogen and oxygen atoms in total. The molecule has 0 N–H and O–H groups in total. The molecule has 160 valence electrons. The predicted molar refractivity (Wildman–Crippen MR) is 121 cm³/mol. The van der Waals surface area contributed by atoms with Gasteiger partial charge in [-0.25, -0.2) is 0 Å². The Morgan fingerprint density at radius 1 is 0.933 bits per heavy atom. The van der Waals surface area contributed by atoms with Gasteiger partial charge in [-0.15, -0.1) is 10.2 Å². The van der Waals surface area contributed by atoms with Gasteiger partial charge in [-0.05, 0) is 49.8 Å². The van der Waals surface area contributed by atoms with Crippen molar-refractivity contribution in [2.75, 3.05) is 49.1 Å². The maximum atomic E-state index is 12.6. The maximum Gasteiger partial charge on any atom is 0.223 e. The number of carbonyl (C=O) groups is 1. The minimum atomic E-state index is 0.247. The van der Waals surface area contributed by atoms with Crippen molar-refractivity contribution in [1.82, 2.24) is 15.1 Å². The van der Waals surface area contributed by atoms with E-state index >= 15 is 0 Å². The third-order valence-corrected chi connectivity index (χ3v) is 6.41. The number of hydrogen-bond acceptors (Lipinski definition) is 5. The Morgan fingerprint density at radius 3 is 2.17 bits per heavy atom. The summed E-state index contributed by atoms with van der Waals surface area (Å²) in [5.41, 5.74) is 2.48. The van der Waals surface area contributed by atoms with Crippen molar-refractivity contribution in [3.05, 3.63) is 47.5 Å². The zero-order valence-corrected chi connectivity index (χ0v) is 18.3. The van der Waals surface area contributed by atoms with Crippen LogP contribution in [0.4, 0.5) is 11.6 Å². The fourth-order valence-corrected chi connectivity index (χ4v) is 4.36. The van der Waals surface area contributed by atoms with Gasteiger partial charge in [0.25, 0.3) is 0 Å². The number of carbonyl (C=O) groups excluding carboxylic acids is 1. The third-order valence-electron chi connectivity index (χ3n) is 6.41. The number of benzene rings is 1. The largest absolute Gasteiger partial charge is 0.355 e. The summed E-state index contributed by atoms with van der Waals surface area (Å²) in [6.07, 6.45) is 3.84. The second-order valence-corrected chi connectivity index (χ2v) is 8.78. The molecule has 2 aromatic rings. The van der Waals surface area contributed by atoms with Crippen LogP contribution in [0.2, 0.25) is 0 Å². The summed E-state index contributed by atoms with van der Waals surface area (Å²) in [6, 6.07) is 12.6. The second kappa shape index (κ2) is 9.45. The Bertz CT molecular complexity index is 837. The van der Waals surface area contributed by atoms with Crippen LogP contribution >= 0.6 is 0 Å². The molecule has 0 saturated carbocycles. The highest BCUT2D eigenvalue weighted by atomic mass is 16.2. The smallest absolute Gasteiger partial charge is 0.223 e. The van der Waals surface area contributed by atoms with Crippen LogP contribution in [0, 0.1) is 12.8 Å². The molecule has 0 aliphatic carbocycles. The highest BCUT2D eigenvalue weighted by molar-refractivity contribution is 5.76. The van der Waals surface area contributed by atoms with Crippen molar-refractivity contribution in [3.63, 3.8) is 0 Å². The molecule has 2 fully saturated rings. The average molecular weight is 408 g/mol. The minimum Gasteiger partial charge on any atom is -0.355 e. The van der Waals surface area contributed by atoms with Crippen molar-refractivity contribution in [1.29, 1.82) is 0 Å². The SMILES string of the molecule is Cc1cccc(CCC(=O)N2CCN(c3ccc(N4CCC(C)CC4)nn3)CC2)c1. The molecule has 0 radical (unpaired) electrons. The highest BCUT2D eigenvalue weighted by Gasteiger charge is 2.23. The Morgan fingerprint density at radius 2 is 1.57 bits per heavy atom. The van der Waals surface area contributed by atoms with Gasteiger partial charge in [-0.3, -0.25) is 4.79 Å². The van der Waals surface area contributed by atoms with Gasteiger partial charge in [0.05, 0.1) is 0 Å². The maximum absolute atomic E-state index is 12.6. The molecule has 0 atom stereocenters. The Labute approximate surface area is 179 Å². The lowest BCUT2D eigenvalue weighted by molar-refractivity contribution is -0.131. The van der Waals surface area contributed by atoms with E-state index in [9.17, 15) is 4.79 Å². The summed E-state index contributed by atoms with van der Waals surface area (Å²) < 4.78 is 0. The van der Waals surface area contributed by atoms with Gasteiger partial charge < -0.3 is 14.7 Å². The first-order valence-electron chi connectivity index (χ1n) is 11.3. The quantitative estimate of drug-likeness (QED) is 0.761. The van der Waals surface area contributed by atoms with Crippen molar-refractivity contribution >= 4 is 17.5 Å². The number of aromatic nitrogens is 2. The summed E-state index contributed by atoms with van der Waals surface area (Å²) in [5, 5.41) is 8.96. The molecule has 1 aromatic heterocycles. The van der Waals surface area contributed by atoms with Crippen LogP contribution < -0.4 is 9.80 Å². The Kier molecular flexibility index (Phi) is 6.50. The van der Waals surface area contributed by atoms with Crippen LogP contribution in [-0.2, 0) is 11.2 Å². The van der Waals surface area contributed by atoms with Gasteiger partial charge in [-0.1, -0.05) is 36.8 Å².